The summed E-state index contributed by atoms with van der Waals surface area (Å²) in [5.41, 5.74) is 0.926. The molecule has 146 valence electrons. The highest BCUT2D eigenvalue weighted by atomic mass is 35.5. The van der Waals surface area contributed by atoms with Crippen molar-refractivity contribution < 1.29 is 19.8 Å². The molecule has 28 heavy (non-hydrogen) atoms. The second-order valence-electron chi connectivity index (χ2n) is 7.20. The van der Waals surface area contributed by atoms with Crippen molar-refractivity contribution in [2.24, 2.45) is 0 Å². The van der Waals surface area contributed by atoms with Crippen LogP contribution < -0.4 is 0 Å². The van der Waals surface area contributed by atoms with Crippen molar-refractivity contribution in [2.75, 3.05) is 0 Å². The third kappa shape index (κ3) is 3.16. The molecule has 0 fully saturated rings. The van der Waals surface area contributed by atoms with E-state index in [1.807, 2.05) is 6.92 Å². The lowest BCUT2D eigenvalue weighted by Crippen LogP contribution is -2.33. The van der Waals surface area contributed by atoms with Crippen LogP contribution in [0.25, 0.3) is 10.9 Å². The molecule has 0 aliphatic heterocycles. The Hall–Kier alpha value is -2.79. The summed E-state index contributed by atoms with van der Waals surface area (Å²) in [7, 11) is 0. The van der Waals surface area contributed by atoms with Gasteiger partial charge in [-0.05, 0) is 68.3 Å². The molecule has 1 atom stereocenters. The first-order chi connectivity index (χ1) is 13.2. The van der Waals surface area contributed by atoms with Gasteiger partial charge in [-0.25, -0.2) is 0 Å². The fourth-order valence-corrected chi connectivity index (χ4v) is 4.05. The number of aromatic nitrogens is 1. The Labute approximate surface area is 168 Å². The van der Waals surface area contributed by atoms with Gasteiger partial charge in [0.2, 0.25) is 0 Å². The Bertz CT molecular complexity index is 1070. The minimum Gasteiger partial charge on any atom is -0.508 e. The minimum absolute atomic E-state index is 0.0223. The van der Waals surface area contributed by atoms with Crippen LogP contribution in [0.15, 0.2) is 42.5 Å². The van der Waals surface area contributed by atoms with Crippen molar-refractivity contribution in [3.63, 3.8) is 0 Å². The van der Waals surface area contributed by atoms with Crippen LogP contribution in [0, 0.1) is 6.92 Å². The van der Waals surface area contributed by atoms with Crippen molar-refractivity contribution in [2.45, 2.75) is 39.0 Å². The van der Waals surface area contributed by atoms with E-state index in [-0.39, 0.29) is 11.7 Å². The zero-order valence-corrected chi connectivity index (χ0v) is 16.7. The molecule has 0 aliphatic carbocycles. The number of carbonyl (C=O) groups is 2. The van der Waals surface area contributed by atoms with Gasteiger partial charge >= 0.3 is 5.97 Å². The molecule has 6 heteroatoms. The van der Waals surface area contributed by atoms with Crippen LogP contribution in [0.5, 0.6) is 5.75 Å². The van der Waals surface area contributed by atoms with Gasteiger partial charge in [-0.2, -0.15) is 0 Å². The second-order valence-corrected chi connectivity index (χ2v) is 7.63. The van der Waals surface area contributed by atoms with E-state index < -0.39 is 11.4 Å². The van der Waals surface area contributed by atoms with Gasteiger partial charge in [-0.3, -0.25) is 14.2 Å². The van der Waals surface area contributed by atoms with E-state index in [1.165, 1.54) is 16.7 Å². The number of phenols is 1. The van der Waals surface area contributed by atoms with Gasteiger partial charge in [-0.1, -0.05) is 24.9 Å². The highest BCUT2D eigenvalue weighted by Crippen LogP contribution is 2.40. The first kappa shape index (κ1) is 20.0. The summed E-state index contributed by atoms with van der Waals surface area (Å²) in [6.07, 6.45) is 1.08. The van der Waals surface area contributed by atoms with E-state index in [2.05, 4.69) is 0 Å². The number of rotatable bonds is 5. The van der Waals surface area contributed by atoms with Gasteiger partial charge < -0.3 is 10.2 Å². The largest absolute Gasteiger partial charge is 0.508 e. The number of fused-ring (bicyclic) bond motifs is 1. The van der Waals surface area contributed by atoms with E-state index in [0.29, 0.717) is 45.6 Å². The van der Waals surface area contributed by atoms with Crippen LogP contribution in [0.1, 0.15) is 48.3 Å². The summed E-state index contributed by atoms with van der Waals surface area (Å²) in [5, 5.41) is 21.1. The van der Waals surface area contributed by atoms with Crippen LogP contribution in [-0.4, -0.2) is 26.7 Å². The molecular formula is C22H22ClNO4. The Morgan fingerprint density at radius 1 is 1.14 bits per heavy atom. The van der Waals surface area contributed by atoms with Gasteiger partial charge in [0.05, 0.1) is 10.9 Å². The molecule has 0 saturated carbocycles. The number of benzene rings is 2. The molecule has 0 unspecified atom stereocenters. The maximum Gasteiger partial charge on any atom is 0.313 e. The highest BCUT2D eigenvalue weighted by Gasteiger charge is 2.39. The summed E-state index contributed by atoms with van der Waals surface area (Å²) >= 11 is 5.93. The molecule has 1 heterocycles. The van der Waals surface area contributed by atoms with Gasteiger partial charge in [0.1, 0.15) is 5.75 Å². The molecule has 0 bridgehead atoms. The molecule has 0 spiro atoms. The van der Waals surface area contributed by atoms with Crippen LogP contribution in [0.4, 0.5) is 0 Å². The summed E-state index contributed by atoms with van der Waals surface area (Å²) in [6, 6.07) is 11.2. The molecule has 0 saturated heterocycles. The standard InChI is InChI=1S/C22H22ClNO4/c1-4-11-22(3,21(27)28)19-13(2)24(18-10-9-16(25)12-17(18)19)20(26)14-5-7-15(23)8-6-14/h5-10,12,25H,4,11H2,1-3H3,(H,27,28)/t22-/m0/s1. The Balaban J connectivity index is 2.34. The van der Waals surface area contributed by atoms with Crippen LogP contribution >= 0.6 is 11.6 Å². The number of hydrogen-bond acceptors (Lipinski definition) is 3. The topological polar surface area (TPSA) is 79.5 Å². The molecule has 1 aromatic heterocycles. The van der Waals surface area contributed by atoms with Crippen molar-refractivity contribution in [1.82, 2.24) is 4.57 Å². The summed E-state index contributed by atoms with van der Waals surface area (Å²) < 4.78 is 1.52. The number of carboxylic acid groups (broad SMARTS) is 1. The Morgan fingerprint density at radius 3 is 2.36 bits per heavy atom. The summed E-state index contributed by atoms with van der Waals surface area (Å²) in [6.45, 7) is 5.34. The predicted octanol–water partition coefficient (Wildman–Crippen LogP) is 5.14. The number of halogens is 1. The Kier molecular flexibility index (Phi) is 5.22. The molecule has 0 aliphatic rings. The van der Waals surface area contributed by atoms with Crippen molar-refractivity contribution in [3.8, 4) is 5.75 Å². The summed E-state index contributed by atoms with van der Waals surface area (Å²) in [5.74, 6) is -1.21. The second kappa shape index (κ2) is 7.32. The predicted molar refractivity (Wildman–Crippen MR) is 109 cm³/mol. The molecule has 0 amide bonds. The van der Waals surface area contributed by atoms with E-state index >= 15 is 0 Å². The zero-order valence-electron chi connectivity index (χ0n) is 16.0. The van der Waals surface area contributed by atoms with Crippen molar-refractivity contribution >= 4 is 34.4 Å². The van der Waals surface area contributed by atoms with E-state index in [1.54, 1.807) is 44.2 Å². The average molecular weight is 400 g/mol. The number of carbonyl (C=O) groups excluding carboxylic acids is 1. The van der Waals surface area contributed by atoms with E-state index in [0.717, 1.165) is 0 Å². The van der Waals surface area contributed by atoms with E-state index in [9.17, 15) is 19.8 Å². The van der Waals surface area contributed by atoms with Gasteiger partial charge in [0.15, 0.2) is 0 Å². The molecule has 3 aromatic rings. The maximum absolute atomic E-state index is 13.3. The number of aliphatic carboxylic acids is 1. The monoisotopic (exact) mass is 399 g/mol. The average Bonchev–Trinajstić information content (AvgIpc) is 2.93. The van der Waals surface area contributed by atoms with Crippen LogP contribution in [-0.2, 0) is 10.2 Å². The van der Waals surface area contributed by atoms with Gasteiger partial charge in [0, 0.05) is 21.7 Å². The fourth-order valence-electron chi connectivity index (χ4n) is 3.93. The normalized spacial score (nSPS) is 13.4. The SMILES string of the molecule is CCC[C@](C)(C(=O)O)c1c(C)n(C(=O)c2ccc(Cl)cc2)c2ccc(O)cc12. The lowest BCUT2D eigenvalue weighted by atomic mass is 9.77. The number of hydrogen-bond donors (Lipinski definition) is 2. The van der Waals surface area contributed by atoms with Gasteiger partial charge in [0.25, 0.3) is 5.91 Å². The maximum atomic E-state index is 13.3. The summed E-state index contributed by atoms with van der Waals surface area (Å²) in [4.78, 5) is 25.5. The number of aromatic hydroxyl groups is 1. The number of carboxylic acids is 1. The number of nitrogens with zero attached hydrogens (tertiary/aromatic N) is 1. The first-order valence-electron chi connectivity index (χ1n) is 9.09. The smallest absolute Gasteiger partial charge is 0.313 e. The third-order valence-corrected chi connectivity index (χ3v) is 5.51. The van der Waals surface area contributed by atoms with Gasteiger partial charge in [-0.15, -0.1) is 0 Å². The number of phenolic OH excluding ortho intramolecular Hbond substituents is 1. The van der Waals surface area contributed by atoms with Crippen LogP contribution in [0.2, 0.25) is 5.02 Å². The Morgan fingerprint density at radius 2 is 1.79 bits per heavy atom. The van der Waals surface area contributed by atoms with Crippen molar-refractivity contribution in [3.05, 3.63) is 64.3 Å². The van der Waals surface area contributed by atoms with E-state index in [4.69, 9.17) is 11.6 Å². The molecule has 2 aromatic carbocycles. The van der Waals surface area contributed by atoms with Crippen LogP contribution in [0.3, 0.4) is 0 Å². The molecule has 0 radical (unpaired) electrons. The quantitative estimate of drug-likeness (QED) is 0.622. The fraction of sp³-hybridized carbons (Fsp3) is 0.273. The molecule has 5 nitrogen and oxygen atoms in total. The van der Waals surface area contributed by atoms with Crippen molar-refractivity contribution in [1.29, 1.82) is 0 Å². The lowest BCUT2D eigenvalue weighted by Gasteiger charge is -2.25. The minimum atomic E-state index is -1.18. The first-order valence-corrected chi connectivity index (χ1v) is 9.46. The molecular weight excluding hydrogens is 378 g/mol. The zero-order chi connectivity index (χ0) is 20.6. The lowest BCUT2D eigenvalue weighted by molar-refractivity contribution is -0.143. The molecule has 3 rings (SSSR count). The molecule has 2 N–H and O–H groups in total. The third-order valence-electron chi connectivity index (χ3n) is 5.26. The highest BCUT2D eigenvalue weighted by molar-refractivity contribution is 6.30.